The van der Waals surface area contributed by atoms with Gasteiger partial charge in [0, 0.05) is 18.7 Å². The monoisotopic (exact) mass is 291 g/mol. The minimum absolute atomic E-state index is 0.519. The molecule has 1 aromatic heterocycles. The smallest absolute Gasteiger partial charge is 0.178 e. The Morgan fingerprint density at radius 2 is 2.10 bits per heavy atom. The summed E-state index contributed by atoms with van der Waals surface area (Å²) in [6.45, 7) is 5.65. The van der Waals surface area contributed by atoms with Crippen LogP contribution in [0.3, 0.4) is 0 Å². The van der Waals surface area contributed by atoms with Gasteiger partial charge in [-0.2, -0.15) is 0 Å². The van der Waals surface area contributed by atoms with Crippen LogP contribution in [0, 0.1) is 4.77 Å². The van der Waals surface area contributed by atoms with E-state index in [1.807, 2.05) is 12.1 Å². The number of hydrogen-bond donors (Lipinski definition) is 1. The molecule has 1 fully saturated rings. The fourth-order valence-corrected chi connectivity index (χ4v) is 3.30. The molecule has 1 saturated heterocycles. The Morgan fingerprint density at radius 3 is 2.80 bits per heavy atom. The van der Waals surface area contributed by atoms with E-state index in [0.29, 0.717) is 6.04 Å². The first-order valence-electron chi connectivity index (χ1n) is 7.19. The van der Waals surface area contributed by atoms with Crippen molar-refractivity contribution in [1.82, 2.24) is 14.5 Å². The molecule has 0 spiro atoms. The summed E-state index contributed by atoms with van der Waals surface area (Å²) in [5.41, 5.74) is 2.20. The minimum atomic E-state index is 0.519. The summed E-state index contributed by atoms with van der Waals surface area (Å²) in [5.74, 6) is 0.855. The van der Waals surface area contributed by atoms with E-state index in [2.05, 4.69) is 27.4 Å². The van der Waals surface area contributed by atoms with Gasteiger partial charge >= 0.3 is 0 Å². The average molecular weight is 291 g/mol. The van der Waals surface area contributed by atoms with Crippen LogP contribution >= 0.6 is 12.2 Å². The van der Waals surface area contributed by atoms with Gasteiger partial charge in [-0.25, -0.2) is 0 Å². The van der Waals surface area contributed by atoms with Gasteiger partial charge in [0.1, 0.15) is 5.75 Å². The Labute approximate surface area is 124 Å². The summed E-state index contributed by atoms with van der Waals surface area (Å²) in [5, 5.41) is 0. The molecule has 1 aromatic carbocycles. The molecular formula is C15H21N3OS. The molecule has 0 saturated carbocycles. The first-order valence-corrected chi connectivity index (χ1v) is 7.60. The quantitative estimate of drug-likeness (QED) is 0.878. The van der Waals surface area contributed by atoms with Crippen LogP contribution in [0.5, 0.6) is 5.75 Å². The molecular weight excluding hydrogens is 270 g/mol. The number of fused-ring (bicyclic) bond motifs is 1. The highest BCUT2D eigenvalue weighted by Gasteiger charge is 2.19. The van der Waals surface area contributed by atoms with Crippen molar-refractivity contribution in [3.05, 3.63) is 23.0 Å². The van der Waals surface area contributed by atoms with Crippen molar-refractivity contribution in [2.24, 2.45) is 0 Å². The molecule has 1 aliphatic heterocycles. The fourth-order valence-electron chi connectivity index (χ4n) is 3.01. The van der Waals surface area contributed by atoms with Gasteiger partial charge in [0.05, 0.1) is 18.1 Å². The molecule has 1 N–H and O–H groups in total. The topological polar surface area (TPSA) is 33.2 Å². The third kappa shape index (κ3) is 2.47. The number of nitrogens with one attached hydrogen (secondary N) is 1. The second-order valence-electron chi connectivity index (χ2n) is 5.52. The lowest BCUT2D eigenvalue weighted by Gasteiger charge is -2.24. The van der Waals surface area contributed by atoms with E-state index in [-0.39, 0.29) is 0 Å². The highest BCUT2D eigenvalue weighted by molar-refractivity contribution is 7.71. The van der Waals surface area contributed by atoms with Crippen LogP contribution < -0.4 is 4.74 Å². The van der Waals surface area contributed by atoms with Crippen molar-refractivity contribution in [3.63, 3.8) is 0 Å². The molecule has 3 rings (SSSR count). The molecule has 0 aliphatic carbocycles. The van der Waals surface area contributed by atoms with Crippen molar-refractivity contribution in [2.75, 3.05) is 20.2 Å². The highest BCUT2D eigenvalue weighted by atomic mass is 32.1. The van der Waals surface area contributed by atoms with E-state index in [9.17, 15) is 0 Å². The number of aromatic nitrogens is 2. The Kier molecular flexibility index (Phi) is 3.81. The lowest BCUT2D eigenvalue weighted by atomic mass is 10.2. The van der Waals surface area contributed by atoms with Crippen LogP contribution in [0.4, 0.5) is 0 Å². The number of imidazole rings is 1. The maximum absolute atomic E-state index is 5.47. The molecule has 108 valence electrons. The number of ether oxygens (including phenoxy) is 1. The predicted molar refractivity (Wildman–Crippen MR) is 83.9 cm³/mol. The van der Waals surface area contributed by atoms with Gasteiger partial charge < -0.3 is 14.3 Å². The minimum Gasteiger partial charge on any atom is -0.497 e. The molecule has 20 heavy (non-hydrogen) atoms. The second kappa shape index (κ2) is 5.58. The normalized spacial score (nSPS) is 17.7. The first-order chi connectivity index (χ1) is 9.69. The van der Waals surface area contributed by atoms with Gasteiger partial charge in [0.25, 0.3) is 0 Å². The van der Waals surface area contributed by atoms with Crippen LogP contribution in [0.1, 0.15) is 19.8 Å². The van der Waals surface area contributed by atoms with Gasteiger partial charge in [-0.1, -0.05) is 0 Å². The van der Waals surface area contributed by atoms with Gasteiger partial charge in [-0.3, -0.25) is 4.90 Å². The molecule has 0 radical (unpaired) electrons. The molecule has 1 aliphatic rings. The molecule has 0 amide bonds. The van der Waals surface area contributed by atoms with E-state index in [1.165, 1.54) is 25.9 Å². The number of benzene rings is 1. The van der Waals surface area contributed by atoms with Gasteiger partial charge in [-0.15, -0.1) is 0 Å². The lowest BCUT2D eigenvalue weighted by molar-refractivity contribution is 0.237. The third-order valence-corrected chi connectivity index (χ3v) is 4.51. The molecule has 1 atom stereocenters. The van der Waals surface area contributed by atoms with Crippen LogP contribution in [-0.2, 0) is 6.54 Å². The first kappa shape index (κ1) is 13.6. The maximum Gasteiger partial charge on any atom is 0.178 e. The Hall–Kier alpha value is -1.33. The highest BCUT2D eigenvalue weighted by Crippen LogP contribution is 2.22. The van der Waals surface area contributed by atoms with Gasteiger partial charge in [0.2, 0.25) is 0 Å². The zero-order valence-electron chi connectivity index (χ0n) is 12.1. The van der Waals surface area contributed by atoms with E-state index >= 15 is 0 Å². The van der Waals surface area contributed by atoms with Crippen molar-refractivity contribution in [1.29, 1.82) is 0 Å². The Bertz CT molecular complexity index is 655. The van der Waals surface area contributed by atoms with Crippen molar-refractivity contribution >= 4 is 23.3 Å². The summed E-state index contributed by atoms with van der Waals surface area (Å²) in [6, 6.07) is 6.59. The number of hydrogen-bond acceptors (Lipinski definition) is 3. The fraction of sp³-hybridized carbons (Fsp3) is 0.533. The number of likely N-dealkylation sites (tertiary alicyclic amines) is 1. The second-order valence-corrected chi connectivity index (χ2v) is 5.90. The standard InChI is InChI=1S/C15H21N3OS/c1-11(17-7-3-4-8-17)10-18-14-6-5-12(19-2)9-13(14)16-15(18)20/h5-6,9,11H,3-4,7-8,10H2,1-2H3,(H,16,20). The lowest BCUT2D eigenvalue weighted by Crippen LogP contribution is -2.33. The molecule has 4 nitrogen and oxygen atoms in total. The number of H-pyrrole nitrogens is 1. The number of rotatable bonds is 4. The summed E-state index contributed by atoms with van der Waals surface area (Å²) >= 11 is 5.47. The van der Waals surface area contributed by atoms with Crippen LogP contribution in [-0.4, -0.2) is 40.7 Å². The largest absolute Gasteiger partial charge is 0.497 e. The van der Waals surface area contributed by atoms with Crippen LogP contribution in [0.15, 0.2) is 18.2 Å². The van der Waals surface area contributed by atoms with Crippen molar-refractivity contribution in [3.8, 4) is 5.75 Å². The van der Waals surface area contributed by atoms with E-state index in [0.717, 1.165) is 28.1 Å². The zero-order valence-corrected chi connectivity index (χ0v) is 12.9. The maximum atomic E-state index is 5.47. The van der Waals surface area contributed by atoms with E-state index in [1.54, 1.807) is 7.11 Å². The third-order valence-electron chi connectivity index (χ3n) is 4.19. The van der Waals surface area contributed by atoms with E-state index in [4.69, 9.17) is 17.0 Å². The Balaban J connectivity index is 1.90. The molecule has 1 unspecified atom stereocenters. The summed E-state index contributed by atoms with van der Waals surface area (Å²) in [6.07, 6.45) is 2.64. The van der Waals surface area contributed by atoms with Crippen molar-refractivity contribution < 1.29 is 4.74 Å². The molecule has 2 aromatic rings. The number of methoxy groups -OCH3 is 1. The molecule has 5 heteroatoms. The predicted octanol–water partition coefficient (Wildman–Crippen LogP) is 3.19. The van der Waals surface area contributed by atoms with Gasteiger partial charge in [-0.05, 0) is 57.2 Å². The van der Waals surface area contributed by atoms with Crippen LogP contribution in [0.2, 0.25) is 0 Å². The number of aromatic amines is 1. The van der Waals surface area contributed by atoms with Crippen LogP contribution in [0.25, 0.3) is 11.0 Å². The average Bonchev–Trinajstić information content (AvgIpc) is 3.07. The summed E-state index contributed by atoms with van der Waals surface area (Å²) in [4.78, 5) is 5.82. The van der Waals surface area contributed by atoms with Gasteiger partial charge in [0.15, 0.2) is 4.77 Å². The van der Waals surface area contributed by atoms with Crippen molar-refractivity contribution in [2.45, 2.75) is 32.4 Å². The van der Waals surface area contributed by atoms with E-state index < -0.39 is 0 Å². The molecule has 2 heterocycles. The summed E-state index contributed by atoms with van der Waals surface area (Å²) in [7, 11) is 1.68. The Morgan fingerprint density at radius 1 is 1.35 bits per heavy atom. The summed E-state index contributed by atoms with van der Waals surface area (Å²) < 4.78 is 8.25. The SMILES string of the molecule is COc1ccc2c(c1)[nH]c(=S)n2CC(C)N1CCCC1. The number of nitrogens with zero attached hydrogens (tertiary/aromatic N) is 2. The molecule has 0 bridgehead atoms. The zero-order chi connectivity index (χ0) is 14.1.